The zero-order chi connectivity index (χ0) is 12.0. The van der Waals surface area contributed by atoms with Crippen LogP contribution in [0.5, 0.6) is 0 Å². The monoisotopic (exact) mass is 228 g/mol. The van der Waals surface area contributed by atoms with Crippen LogP contribution in [0.1, 0.15) is 26.7 Å². The summed E-state index contributed by atoms with van der Waals surface area (Å²) in [5.41, 5.74) is 0. The topological polar surface area (TPSA) is 43.8 Å². The molecule has 1 heterocycles. The molecule has 0 radical (unpaired) electrons. The van der Waals surface area contributed by atoms with E-state index in [1.807, 2.05) is 0 Å². The van der Waals surface area contributed by atoms with Gasteiger partial charge < -0.3 is 5.11 Å². The number of carbonyl (C=O) groups excluding carboxylic acids is 1. The first-order valence-corrected chi connectivity index (χ1v) is 6.24. The maximum absolute atomic E-state index is 11.0. The minimum atomic E-state index is 0.193. The highest BCUT2D eigenvalue weighted by Crippen LogP contribution is 2.10. The summed E-state index contributed by atoms with van der Waals surface area (Å²) in [5.74, 6) is 0.207. The normalized spacial score (nSPS) is 23.6. The summed E-state index contributed by atoms with van der Waals surface area (Å²) in [6.45, 7) is 8.32. The third-order valence-corrected chi connectivity index (χ3v) is 3.14. The SMILES string of the molecule is CCCCN1CCN(CC(C)=O)CC1CO. The summed E-state index contributed by atoms with van der Waals surface area (Å²) in [5, 5.41) is 9.36. The van der Waals surface area contributed by atoms with Crippen LogP contribution in [-0.2, 0) is 4.79 Å². The molecule has 0 aromatic carbocycles. The summed E-state index contributed by atoms with van der Waals surface area (Å²) < 4.78 is 0. The number of hydrogen-bond donors (Lipinski definition) is 1. The van der Waals surface area contributed by atoms with E-state index < -0.39 is 0 Å². The highest BCUT2D eigenvalue weighted by Gasteiger charge is 2.26. The third-order valence-electron chi connectivity index (χ3n) is 3.14. The molecule has 0 aromatic heterocycles. The van der Waals surface area contributed by atoms with Crippen LogP contribution in [0.25, 0.3) is 0 Å². The molecule has 0 saturated carbocycles. The zero-order valence-corrected chi connectivity index (χ0v) is 10.5. The molecule has 0 aromatic rings. The van der Waals surface area contributed by atoms with Crippen molar-refractivity contribution < 1.29 is 9.90 Å². The molecule has 1 aliphatic heterocycles. The van der Waals surface area contributed by atoms with E-state index in [0.29, 0.717) is 6.54 Å². The lowest BCUT2D eigenvalue weighted by Gasteiger charge is -2.40. The number of nitrogens with zero attached hydrogens (tertiary/aromatic N) is 2. The van der Waals surface area contributed by atoms with Crippen LogP contribution in [0.3, 0.4) is 0 Å². The molecular formula is C12H24N2O2. The average Bonchev–Trinajstić information content (AvgIpc) is 2.26. The van der Waals surface area contributed by atoms with E-state index in [9.17, 15) is 9.90 Å². The highest BCUT2D eigenvalue weighted by atomic mass is 16.3. The lowest BCUT2D eigenvalue weighted by molar-refractivity contribution is -0.119. The molecule has 1 saturated heterocycles. The average molecular weight is 228 g/mol. The third kappa shape index (κ3) is 4.20. The number of rotatable bonds is 6. The second-order valence-corrected chi connectivity index (χ2v) is 4.66. The quantitative estimate of drug-likeness (QED) is 0.712. The summed E-state index contributed by atoms with van der Waals surface area (Å²) in [6, 6.07) is 0.208. The van der Waals surface area contributed by atoms with Gasteiger partial charge in [-0.3, -0.25) is 14.6 Å². The molecule has 1 fully saturated rings. The predicted molar refractivity (Wildman–Crippen MR) is 64.5 cm³/mol. The fourth-order valence-corrected chi connectivity index (χ4v) is 2.24. The largest absolute Gasteiger partial charge is 0.395 e. The molecule has 94 valence electrons. The molecule has 4 heteroatoms. The lowest BCUT2D eigenvalue weighted by Crippen LogP contribution is -2.55. The van der Waals surface area contributed by atoms with Crippen LogP contribution in [-0.4, -0.2) is 66.1 Å². The number of piperazine rings is 1. The number of carbonyl (C=O) groups is 1. The minimum absolute atomic E-state index is 0.193. The van der Waals surface area contributed by atoms with Gasteiger partial charge in [0.25, 0.3) is 0 Å². The Morgan fingerprint density at radius 1 is 1.44 bits per heavy atom. The molecule has 1 atom stereocenters. The van der Waals surface area contributed by atoms with Gasteiger partial charge in [-0.15, -0.1) is 0 Å². The van der Waals surface area contributed by atoms with Crippen molar-refractivity contribution in [2.75, 3.05) is 39.3 Å². The number of aliphatic hydroxyl groups excluding tert-OH is 1. The van der Waals surface area contributed by atoms with Gasteiger partial charge in [-0.25, -0.2) is 0 Å². The van der Waals surface area contributed by atoms with E-state index in [1.54, 1.807) is 6.92 Å². The van der Waals surface area contributed by atoms with Crippen molar-refractivity contribution in [3.05, 3.63) is 0 Å². The maximum atomic E-state index is 11.0. The van der Waals surface area contributed by atoms with Crippen LogP contribution in [0.4, 0.5) is 0 Å². The van der Waals surface area contributed by atoms with E-state index in [4.69, 9.17) is 0 Å². The van der Waals surface area contributed by atoms with Crippen molar-refractivity contribution in [2.24, 2.45) is 0 Å². The Labute approximate surface area is 98.2 Å². The van der Waals surface area contributed by atoms with Crippen LogP contribution in [0.2, 0.25) is 0 Å². The second kappa shape index (κ2) is 6.99. The van der Waals surface area contributed by atoms with Gasteiger partial charge in [-0.2, -0.15) is 0 Å². The molecule has 1 N–H and O–H groups in total. The van der Waals surface area contributed by atoms with Gasteiger partial charge in [-0.1, -0.05) is 13.3 Å². The van der Waals surface area contributed by atoms with Crippen LogP contribution in [0.15, 0.2) is 0 Å². The minimum Gasteiger partial charge on any atom is -0.395 e. The molecule has 4 nitrogen and oxygen atoms in total. The molecule has 0 bridgehead atoms. The maximum Gasteiger partial charge on any atom is 0.143 e. The van der Waals surface area contributed by atoms with Gasteiger partial charge in [0.15, 0.2) is 0 Å². The van der Waals surface area contributed by atoms with Gasteiger partial charge in [0.05, 0.1) is 13.2 Å². The van der Waals surface area contributed by atoms with E-state index in [-0.39, 0.29) is 18.4 Å². The Hall–Kier alpha value is -0.450. The van der Waals surface area contributed by atoms with Gasteiger partial charge in [-0.05, 0) is 19.9 Å². The van der Waals surface area contributed by atoms with Gasteiger partial charge in [0.1, 0.15) is 5.78 Å². The molecule has 1 rings (SSSR count). The van der Waals surface area contributed by atoms with Crippen LogP contribution >= 0.6 is 0 Å². The van der Waals surface area contributed by atoms with E-state index in [2.05, 4.69) is 16.7 Å². The highest BCUT2D eigenvalue weighted by molar-refractivity contribution is 5.77. The molecule has 0 spiro atoms. The van der Waals surface area contributed by atoms with Gasteiger partial charge >= 0.3 is 0 Å². The Kier molecular flexibility index (Phi) is 5.95. The fraction of sp³-hybridized carbons (Fsp3) is 0.917. The smallest absolute Gasteiger partial charge is 0.143 e. The van der Waals surface area contributed by atoms with Crippen molar-refractivity contribution in [1.82, 2.24) is 9.80 Å². The number of ketones is 1. The standard InChI is InChI=1S/C12H24N2O2/c1-3-4-5-14-7-6-13(8-11(2)16)9-12(14)10-15/h12,15H,3-10H2,1-2H3. The first kappa shape index (κ1) is 13.6. The summed E-state index contributed by atoms with van der Waals surface area (Å²) in [6.07, 6.45) is 2.37. The van der Waals surface area contributed by atoms with E-state index in [0.717, 1.165) is 26.2 Å². The van der Waals surface area contributed by atoms with Crippen molar-refractivity contribution in [1.29, 1.82) is 0 Å². The molecule has 1 unspecified atom stereocenters. The Morgan fingerprint density at radius 2 is 2.19 bits per heavy atom. The predicted octanol–water partition coefficient (Wildman–Crippen LogP) is 0.354. The fourth-order valence-electron chi connectivity index (χ4n) is 2.24. The van der Waals surface area contributed by atoms with Gasteiger partial charge in [0, 0.05) is 25.7 Å². The van der Waals surface area contributed by atoms with Crippen LogP contribution < -0.4 is 0 Å². The van der Waals surface area contributed by atoms with E-state index >= 15 is 0 Å². The molecule has 16 heavy (non-hydrogen) atoms. The zero-order valence-electron chi connectivity index (χ0n) is 10.5. The molecule has 0 aliphatic carbocycles. The van der Waals surface area contributed by atoms with Crippen molar-refractivity contribution in [3.63, 3.8) is 0 Å². The summed E-state index contributed by atoms with van der Waals surface area (Å²) >= 11 is 0. The number of aliphatic hydroxyl groups is 1. The first-order valence-electron chi connectivity index (χ1n) is 6.24. The second-order valence-electron chi connectivity index (χ2n) is 4.66. The van der Waals surface area contributed by atoms with Crippen molar-refractivity contribution >= 4 is 5.78 Å². The number of hydrogen-bond acceptors (Lipinski definition) is 4. The number of unbranched alkanes of at least 4 members (excludes halogenated alkanes) is 1. The van der Waals surface area contributed by atoms with Crippen LogP contribution in [0, 0.1) is 0 Å². The van der Waals surface area contributed by atoms with E-state index in [1.165, 1.54) is 12.8 Å². The molecular weight excluding hydrogens is 204 g/mol. The Morgan fingerprint density at radius 3 is 2.75 bits per heavy atom. The lowest BCUT2D eigenvalue weighted by atomic mass is 10.1. The number of Topliss-reactive ketones (excluding diaryl/α,β-unsaturated/α-hetero) is 1. The summed E-state index contributed by atoms with van der Waals surface area (Å²) in [7, 11) is 0. The first-order chi connectivity index (χ1) is 7.67. The molecule has 1 aliphatic rings. The molecule has 0 amide bonds. The Bertz CT molecular complexity index is 221. The van der Waals surface area contributed by atoms with Crippen molar-refractivity contribution in [2.45, 2.75) is 32.7 Å². The summed E-state index contributed by atoms with van der Waals surface area (Å²) in [4.78, 5) is 15.5. The van der Waals surface area contributed by atoms with Gasteiger partial charge in [0.2, 0.25) is 0 Å². The van der Waals surface area contributed by atoms with Crippen molar-refractivity contribution in [3.8, 4) is 0 Å². The Balaban J connectivity index is 2.40.